The number of sulfone groups is 1. The van der Waals surface area contributed by atoms with Gasteiger partial charge in [-0.15, -0.1) is 0 Å². The molecule has 1 rings (SSSR count). The molecule has 0 aliphatic heterocycles. The Bertz CT molecular complexity index is 543. The van der Waals surface area contributed by atoms with Crippen LogP contribution in [0.4, 0.5) is 0 Å². The summed E-state index contributed by atoms with van der Waals surface area (Å²) in [6, 6.07) is 9.00. The van der Waals surface area contributed by atoms with Crippen LogP contribution in [0.2, 0.25) is 0 Å². The van der Waals surface area contributed by atoms with Crippen molar-refractivity contribution in [2.24, 2.45) is 0 Å². The fourth-order valence-corrected chi connectivity index (χ4v) is 3.33. The summed E-state index contributed by atoms with van der Waals surface area (Å²) in [5.74, 6) is -0.372. The van der Waals surface area contributed by atoms with Crippen molar-refractivity contribution < 1.29 is 17.9 Å². The minimum atomic E-state index is -3.26. The van der Waals surface area contributed by atoms with Gasteiger partial charge in [-0.25, -0.2) is 8.42 Å². The average Bonchev–Trinajstić information content (AvgIpc) is 2.53. The van der Waals surface area contributed by atoms with Crippen LogP contribution in [0.1, 0.15) is 38.2 Å². The second kappa shape index (κ2) is 11.2. The van der Waals surface area contributed by atoms with Crippen molar-refractivity contribution in [3.8, 4) is 0 Å². The van der Waals surface area contributed by atoms with Crippen LogP contribution in [0.3, 0.4) is 0 Å². The lowest BCUT2D eigenvalue weighted by Gasteiger charge is -2.07. The van der Waals surface area contributed by atoms with Crippen molar-refractivity contribution >= 4 is 15.7 Å². The fourth-order valence-electron chi connectivity index (χ4n) is 1.99. The molecule has 0 heterocycles. The van der Waals surface area contributed by atoms with Crippen molar-refractivity contribution in [3.63, 3.8) is 0 Å². The lowest BCUT2D eigenvalue weighted by molar-refractivity contribution is -0.120. The number of amides is 1. The van der Waals surface area contributed by atoms with Crippen LogP contribution in [0.15, 0.2) is 30.3 Å². The largest absolute Gasteiger partial charge is 0.381 e. The molecule has 130 valence electrons. The number of unbranched alkanes of at least 4 members (excludes halogenated alkanes) is 1. The molecule has 1 aromatic rings. The molecule has 0 fully saturated rings. The molecular formula is C17H27NO4S. The second-order valence-corrected chi connectivity index (χ2v) is 7.68. The van der Waals surface area contributed by atoms with Gasteiger partial charge < -0.3 is 10.1 Å². The van der Waals surface area contributed by atoms with Gasteiger partial charge in [0, 0.05) is 26.2 Å². The molecule has 6 heteroatoms. The standard InChI is InChI=1S/C17H27NO4S/c1-2-3-12-22-13-7-11-18-17(19)10-14-23(20,21)15-16-8-5-4-6-9-16/h4-6,8-9H,2-3,7,10-15H2,1H3,(H,18,19). The Morgan fingerprint density at radius 1 is 1.13 bits per heavy atom. The molecule has 1 aromatic carbocycles. The molecule has 0 atom stereocenters. The van der Waals surface area contributed by atoms with Gasteiger partial charge in [0.2, 0.25) is 5.91 Å². The van der Waals surface area contributed by atoms with Crippen LogP contribution >= 0.6 is 0 Å². The summed E-state index contributed by atoms with van der Waals surface area (Å²) in [7, 11) is -3.26. The van der Waals surface area contributed by atoms with Gasteiger partial charge in [-0.3, -0.25) is 4.79 Å². The summed E-state index contributed by atoms with van der Waals surface area (Å²) in [4.78, 5) is 11.7. The minimum Gasteiger partial charge on any atom is -0.381 e. The number of benzene rings is 1. The van der Waals surface area contributed by atoms with Crippen LogP contribution in [-0.2, 0) is 25.1 Å². The van der Waals surface area contributed by atoms with Gasteiger partial charge in [0.25, 0.3) is 0 Å². The summed E-state index contributed by atoms with van der Waals surface area (Å²) in [6.45, 7) is 3.99. The van der Waals surface area contributed by atoms with Crippen LogP contribution in [-0.4, -0.2) is 39.8 Å². The van der Waals surface area contributed by atoms with Crippen LogP contribution in [0, 0.1) is 0 Å². The molecule has 1 N–H and O–H groups in total. The van der Waals surface area contributed by atoms with E-state index in [4.69, 9.17) is 4.74 Å². The Morgan fingerprint density at radius 2 is 1.83 bits per heavy atom. The summed E-state index contributed by atoms with van der Waals surface area (Å²) >= 11 is 0. The molecule has 0 radical (unpaired) electrons. The second-order valence-electron chi connectivity index (χ2n) is 5.50. The zero-order chi connectivity index (χ0) is 17.0. The summed E-state index contributed by atoms with van der Waals surface area (Å²) in [6.07, 6.45) is 2.90. The Balaban J connectivity index is 2.15. The van der Waals surface area contributed by atoms with Crippen LogP contribution in [0.25, 0.3) is 0 Å². The molecule has 0 saturated heterocycles. The van der Waals surface area contributed by atoms with Gasteiger partial charge in [-0.2, -0.15) is 0 Å². The van der Waals surface area contributed by atoms with Gasteiger partial charge in [-0.1, -0.05) is 43.7 Å². The Kier molecular flexibility index (Phi) is 9.55. The molecule has 0 spiro atoms. The van der Waals surface area contributed by atoms with E-state index in [1.54, 1.807) is 24.3 Å². The molecular weight excluding hydrogens is 314 g/mol. The lowest BCUT2D eigenvalue weighted by atomic mass is 10.2. The molecule has 5 nitrogen and oxygen atoms in total. The molecule has 0 aromatic heterocycles. The van der Waals surface area contributed by atoms with Gasteiger partial charge in [0.1, 0.15) is 0 Å². The van der Waals surface area contributed by atoms with E-state index >= 15 is 0 Å². The van der Waals surface area contributed by atoms with E-state index in [-0.39, 0.29) is 23.8 Å². The van der Waals surface area contributed by atoms with Gasteiger partial charge in [0.15, 0.2) is 9.84 Å². The van der Waals surface area contributed by atoms with Crippen molar-refractivity contribution in [3.05, 3.63) is 35.9 Å². The van der Waals surface area contributed by atoms with Crippen molar-refractivity contribution in [2.45, 2.75) is 38.4 Å². The molecule has 0 saturated carbocycles. The summed E-state index contributed by atoms with van der Waals surface area (Å²) < 4.78 is 29.4. The van der Waals surface area contributed by atoms with E-state index < -0.39 is 9.84 Å². The van der Waals surface area contributed by atoms with Crippen LogP contribution < -0.4 is 5.32 Å². The first-order chi connectivity index (χ1) is 11.0. The highest BCUT2D eigenvalue weighted by molar-refractivity contribution is 7.90. The molecule has 0 unspecified atom stereocenters. The number of carbonyl (C=O) groups excluding carboxylic acids is 1. The molecule has 0 aliphatic carbocycles. The third-order valence-corrected chi connectivity index (χ3v) is 4.90. The maximum absolute atomic E-state index is 12.0. The average molecular weight is 341 g/mol. The highest BCUT2D eigenvalue weighted by Gasteiger charge is 2.14. The molecule has 23 heavy (non-hydrogen) atoms. The van der Waals surface area contributed by atoms with Gasteiger partial charge in [0.05, 0.1) is 11.5 Å². The maximum Gasteiger partial charge on any atom is 0.221 e. The quantitative estimate of drug-likeness (QED) is 0.592. The smallest absolute Gasteiger partial charge is 0.221 e. The topological polar surface area (TPSA) is 72.5 Å². The first-order valence-corrected chi connectivity index (χ1v) is 9.94. The van der Waals surface area contributed by atoms with Crippen molar-refractivity contribution in [1.29, 1.82) is 0 Å². The normalized spacial score (nSPS) is 11.3. The van der Waals surface area contributed by atoms with Gasteiger partial charge in [-0.05, 0) is 18.4 Å². The third-order valence-electron chi connectivity index (χ3n) is 3.30. The van der Waals surface area contributed by atoms with Crippen LogP contribution in [0.5, 0.6) is 0 Å². The van der Waals surface area contributed by atoms with Crippen molar-refractivity contribution in [1.82, 2.24) is 5.32 Å². The summed E-state index contributed by atoms with van der Waals surface area (Å²) in [5, 5.41) is 2.73. The highest BCUT2D eigenvalue weighted by Crippen LogP contribution is 2.07. The Hall–Kier alpha value is -1.40. The zero-order valence-corrected chi connectivity index (χ0v) is 14.6. The van der Waals surface area contributed by atoms with E-state index in [2.05, 4.69) is 12.2 Å². The predicted molar refractivity (Wildman–Crippen MR) is 91.9 cm³/mol. The third kappa shape index (κ3) is 10.1. The lowest BCUT2D eigenvalue weighted by Crippen LogP contribution is -2.27. The molecule has 1 amide bonds. The maximum atomic E-state index is 12.0. The van der Waals surface area contributed by atoms with E-state index in [1.807, 2.05) is 6.07 Å². The number of hydrogen-bond donors (Lipinski definition) is 1. The number of ether oxygens (including phenoxy) is 1. The number of carbonyl (C=O) groups is 1. The summed E-state index contributed by atoms with van der Waals surface area (Å²) in [5.41, 5.74) is 0.747. The van der Waals surface area contributed by atoms with E-state index in [0.717, 1.165) is 31.4 Å². The predicted octanol–water partition coefficient (Wildman–Crippen LogP) is 2.31. The molecule has 0 bridgehead atoms. The van der Waals surface area contributed by atoms with E-state index in [0.29, 0.717) is 13.2 Å². The first kappa shape index (κ1) is 19.6. The van der Waals surface area contributed by atoms with Gasteiger partial charge >= 0.3 is 0 Å². The first-order valence-electron chi connectivity index (χ1n) is 8.12. The van der Waals surface area contributed by atoms with E-state index in [1.165, 1.54) is 0 Å². The Labute approximate surface area is 139 Å². The number of hydrogen-bond acceptors (Lipinski definition) is 4. The fraction of sp³-hybridized carbons (Fsp3) is 0.588. The van der Waals surface area contributed by atoms with Crippen molar-refractivity contribution in [2.75, 3.05) is 25.5 Å². The SMILES string of the molecule is CCCCOCCCNC(=O)CCS(=O)(=O)Cc1ccccc1. The Morgan fingerprint density at radius 3 is 2.52 bits per heavy atom. The van der Waals surface area contributed by atoms with E-state index in [9.17, 15) is 13.2 Å². The zero-order valence-electron chi connectivity index (χ0n) is 13.8. The number of rotatable bonds is 12. The minimum absolute atomic E-state index is 0.00581. The highest BCUT2D eigenvalue weighted by atomic mass is 32.2. The molecule has 0 aliphatic rings. The monoisotopic (exact) mass is 341 g/mol. The number of nitrogens with one attached hydrogen (secondary N) is 1.